The van der Waals surface area contributed by atoms with Gasteiger partial charge in [-0.15, -0.1) is 11.8 Å². The molecule has 0 fully saturated rings. The number of hydrogen-bond acceptors (Lipinski definition) is 6. The number of anilines is 2. The van der Waals surface area contributed by atoms with E-state index >= 15 is 0 Å². The Morgan fingerprint density at radius 3 is 2.57 bits per heavy atom. The molecule has 0 radical (unpaired) electrons. The average Bonchev–Trinajstić information content (AvgIpc) is 3.04. The van der Waals surface area contributed by atoms with E-state index in [1.165, 1.54) is 18.9 Å². The van der Waals surface area contributed by atoms with Crippen LogP contribution in [0.5, 0.6) is 0 Å². The van der Waals surface area contributed by atoms with Crippen LogP contribution in [-0.4, -0.2) is 46.2 Å². The predicted molar refractivity (Wildman–Crippen MR) is 119 cm³/mol. The molecule has 0 bridgehead atoms. The maximum absolute atomic E-state index is 12.6. The molecule has 8 nitrogen and oxygen atoms in total. The van der Waals surface area contributed by atoms with Gasteiger partial charge >= 0.3 is 5.97 Å². The molecule has 0 spiro atoms. The van der Waals surface area contributed by atoms with Crippen LogP contribution in [0.1, 0.15) is 30.8 Å². The number of thioether (sulfide) groups is 1. The zero-order chi connectivity index (χ0) is 22.3. The fourth-order valence-electron chi connectivity index (χ4n) is 2.68. The number of amides is 2. The van der Waals surface area contributed by atoms with Crippen LogP contribution < -0.4 is 10.6 Å². The molecule has 2 amide bonds. The van der Waals surface area contributed by atoms with Crippen molar-refractivity contribution < 1.29 is 19.1 Å². The second-order valence-electron chi connectivity index (χ2n) is 6.66. The maximum atomic E-state index is 12.6. The molecule has 2 rings (SSSR count). The zero-order valence-electron chi connectivity index (χ0n) is 17.3. The highest BCUT2D eigenvalue weighted by molar-refractivity contribution is 7.99. The first-order valence-corrected chi connectivity index (χ1v) is 10.8. The van der Waals surface area contributed by atoms with E-state index in [9.17, 15) is 14.4 Å². The smallest absolute Gasteiger partial charge is 0.315 e. The largest absolute Gasteiger partial charge is 0.468 e. The molecule has 2 aromatic rings. The first kappa shape index (κ1) is 23.8. The summed E-state index contributed by atoms with van der Waals surface area (Å²) >= 11 is 7.60. The Labute approximate surface area is 184 Å². The monoisotopic (exact) mass is 452 g/mol. The second kappa shape index (κ2) is 11.0. The zero-order valence-corrected chi connectivity index (χ0v) is 18.9. The number of nitrogens with zero attached hydrogens (tertiary/aromatic N) is 2. The number of nitrogens with one attached hydrogen (secondary N) is 2. The van der Waals surface area contributed by atoms with Gasteiger partial charge < -0.3 is 15.4 Å². The lowest BCUT2D eigenvalue weighted by molar-refractivity contribution is -0.137. The van der Waals surface area contributed by atoms with Crippen molar-refractivity contribution in [2.75, 3.05) is 29.2 Å². The Bertz CT molecular complexity index is 932. The van der Waals surface area contributed by atoms with Crippen molar-refractivity contribution in [3.8, 4) is 0 Å². The first-order chi connectivity index (χ1) is 14.2. The van der Waals surface area contributed by atoms with Crippen LogP contribution in [0.3, 0.4) is 0 Å². The van der Waals surface area contributed by atoms with Crippen molar-refractivity contribution in [3.63, 3.8) is 0 Å². The minimum Gasteiger partial charge on any atom is -0.468 e. The van der Waals surface area contributed by atoms with Gasteiger partial charge in [0.05, 0.1) is 29.3 Å². The minimum atomic E-state index is -0.503. The molecule has 0 saturated carbocycles. The van der Waals surface area contributed by atoms with E-state index in [1.807, 2.05) is 19.9 Å². The summed E-state index contributed by atoms with van der Waals surface area (Å²) in [6.45, 7) is 5.52. The van der Waals surface area contributed by atoms with Crippen LogP contribution in [-0.2, 0) is 19.1 Å². The minimum absolute atomic E-state index is 0.196. The van der Waals surface area contributed by atoms with Gasteiger partial charge in [-0.05, 0) is 45.0 Å². The predicted octanol–water partition coefficient (Wildman–Crippen LogP) is 3.59. The first-order valence-electron chi connectivity index (χ1n) is 9.29. The number of hydrogen-bond donors (Lipinski definition) is 2. The van der Waals surface area contributed by atoms with Gasteiger partial charge in [-0.1, -0.05) is 11.6 Å². The molecule has 1 heterocycles. The van der Waals surface area contributed by atoms with Gasteiger partial charge in [0.2, 0.25) is 11.8 Å². The van der Waals surface area contributed by atoms with Gasteiger partial charge in [-0.25, -0.2) is 0 Å². The highest BCUT2D eigenvalue weighted by Gasteiger charge is 2.19. The molecule has 1 atom stereocenters. The molecule has 10 heteroatoms. The third-order valence-corrected chi connectivity index (χ3v) is 5.47. The molecular formula is C20H25ClN4O4S. The van der Waals surface area contributed by atoms with Crippen molar-refractivity contribution in [1.29, 1.82) is 0 Å². The molecule has 0 saturated heterocycles. The summed E-state index contributed by atoms with van der Waals surface area (Å²) in [6, 6.07) is 6.27. The van der Waals surface area contributed by atoms with Crippen molar-refractivity contribution in [3.05, 3.63) is 40.7 Å². The average molecular weight is 453 g/mol. The highest BCUT2D eigenvalue weighted by atomic mass is 35.5. The van der Waals surface area contributed by atoms with Crippen LogP contribution in [0.2, 0.25) is 5.02 Å². The van der Waals surface area contributed by atoms with E-state index in [-0.39, 0.29) is 30.0 Å². The third kappa shape index (κ3) is 6.77. The van der Waals surface area contributed by atoms with Crippen molar-refractivity contribution in [2.24, 2.45) is 0 Å². The summed E-state index contributed by atoms with van der Waals surface area (Å²) in [5, 5.41) is 10.2. The molecule has 1 aromatic carbocycles. The molecule has 162 valence electrons. The number of carbonyl (C=O) groups is 3. The lowest BCUT2D eigenvalue weighted by Crippen LogP contribution is -2.25. The Morgan fingerprint density at radius 2 is 1.97 bits per heavy atom. The lowest BCUT2D eigenvalue weighted by Gasteiger charge is -2.16. The number of methoxy groups -OCH3 is 1. The van der Waals surface area contributed by atoms with Gasteiger partial charge in [0.25, 0.3) is 0 Å². The van der Waals surface area contributed by atoms with Crippen LogP contribution in [0, 0.1) is 13.8 Å². The maximum Gasteiger partial charge on any atom is 0.315 e. The highest BCUT2D eigenvalue weighted by Crippen LogP contribution is 2.26. The summed E-state index contributed by atoms with van der Waals surface area (Å²) < 4.78 is 6.20. The van der Waals surface area contributed by atoms with Crippen LogP contribution in [0.25, 0.3) is 0 Å². The van der Waals surface area contributed by atoms with Gasteiger partial charge in [-0.3, -0.25) is 19.1 Å². The molecule has 30 heavy (non-hydrogen) atoms. The molecule has 0 aliphatic rings. The van der Waals surface area contributed by atoms with Crippen LogP contribution in [0.4, 0.5) is 11.4 Å². The van der Waals surface area contributed by atoms with Gasteiger partial charge in [0.1, 0.15) is 6.04 Å². The standard InChI is InChI=1S/C20H25ClN4O4S/c1-12-9-13(2)25(24-12)14(3)20(28)23-17-6-5-15(10-16(17)21)22-18(26)7-8-30-11-19(27)29-4/h5-6,9-10,14H,7-8,11H2,1-4H3,(H,22,26)(H,23,28). The van der Waals surface area contributed by atoms with E-state index in [1.54, 1.807) is 29.8 Å². The third-order valence-electron chi connectivity index (χ3n) is 4.22. The fourth-order valence-corrected chi connectivity index (χ4v) is 3.67. The second-order valence-corrected chi connectivity index (χ2v) is 8.17. The molecular weight excluding hydrogens is 428 g/mol. The summed E-state index contributed by atoms with van der Waals surface area (Å²) in [5.41, 5.74) is 2.70. The fraction of sp³-hybridized carbons (Fsp3) is 0.400. The van der Waals surface area contributed by atoms with Crippen molar-refractivity contribution in [1.82, 2.24) is 9.78 Å². The Hall–Kier alpha value is -2.52. The lowest BCUT2D eigenvalue weighted by atomic mass is 10.2. The number of rotatable bonds is 9. The molecule has 1 aromatic heterocycles. The van der Waals surface area contributed by atoms with Crippen LogP contribution in [0.15, 0.2) is 24.3 Å². The number of esters is 1. The van der Waals surface area contributed by atoms with E-state index < -0.39 is 6.04 Å². The van der Waals surface area contributed by atoms with E-state index in [0.29, 0.717) is 22.2 Å². The van der Waals surface area contributed by atoms with E-state index in [0.717, 1.165) is 11.4 Å². The molecule has 2 N–H and O–H groups in total. The SMILES string of the molecule is COC(=O)CSCCC(=O)Nc1ccc(NC(=O)C(C)n2nc(C)cc2C)c(Cl)c1. The van der Waals surface area contributed by atoms with Gasteiger partial charge in [-0.2, -0.15) is 5.10 Å². The van der Waals surface area contributed by atoms with Crippen LogP contribution >= 0.6 is 23.4 Å². The summed E-state index contributed by atoms with van der Waals surface area (Å²) in [5.74, 6) is -0.0644. The Kier molecular flexibility index (Phi) is 8.73. The topological polar surface area (TPSA) is 102 Å². The van der Waals surface area contributed by atoms with E-state index in [2.05, 4.69) is 20.5 Å². The Balaban J connectivity index is 1.90. The summed E-state index contributed by atoms with van der Waals surface area (Å²) in [4.78, 5) is 35.6. The number of ether oxygens (including phenoxy) is 1. The number of carbonyl (C=O) groups excluding carboxylic acids is 3. The Morgan fingerprint density at radius 1 is 1.23 bits per heavy atom. The molecule has 0 aliphatic heterocycles. The number of aromatic nitrogens is 2. The summed E-state index contributed by atoms with van der Waals surface area (Å²) in [7, 11) is 1.32. The van der Waals surface area contributed by atoms with E-state index in [4.69, 9.17) is 11.6 Å². The van der Waals surface area contributed by atoms with Gasteiger partial charge in [0.15, 0.2) is 0 Å². The van der Waals surface area contributed by atoms with Crippen molar-refractivity contribution >= 4 is 52.5 Å². The normalized spacial score (nSPS) is 11.6. The van der Waals surface area contributed by atoms with Crippen molar-refractivity contribution in [2.45, 2.75) is 33.2 Å². The number of halogens is 1. The number of benzene rings is 1. The molecule has 0 aliphatic carbocycles. The number of aryl methyl sites for hydroxylation is 2. The quantitative estimate of drug-likeness (QED) is 0.445. The van der Waals surface area contributed by atoms with Gasteiger partial charge in [0, 0.05) is 23.6 Å². The molecule has 1 unspecified atom stereocenters. The summed E-state index contributed by atoms with van der Waals surface area (Å²) in [6.07, 6.45) is 0.248.